The summed E-state index contributed by atoms with van der Waals surface area (Å²) in [4.78, 5) is 29.8. The van der Waals surface area contributed by atoms with E-state index in [4.69, 9.17) is 14.2 Å². The van der Waals surface area contributed by atoms with Crippen LogP contribution in [-0.2, 0) is 14.3 Å². The van der Waals surface area contributed by atoms with Gasteiger partial charge in [-0.1, -0.05) is 0 Å². The molecule has 1 saturated carbocycles. The highest BCUT2D eigenvalue weighted by Gasteiger charge is 2.63. The van der Waals surface area contributed by atoms with E-state index in [1.54, 1.807) is 11.0 Å². The van der Waals surface area contributed by atoms with Crippen LogP contribution in [0, 0.1) is 11.7 Å². The SMILES string of the molecule is COc1ccc(C(=O)N2CCC(N3C(=O)C(OCC4CC4)C34CCOCC4)CC2)cc1F. The van der Waals surface area contributed by atoms with E-state index in [-0.39, 0.29) is 35.2 Å². The molecule has 0 radical (unpaired) electrons. The van der Waals surface area contributed by atoms with E-state index in [1.807, 2.05) is 0 Å². The van der Waals surface area contributed by atoms with Crippen molar-refractivity contribution in [2.24, 2.45) is 5.92 Å². The third-order valence-corrected chi connectivity index (χ3v) is 7.50. The Hall–Kier alpha value is -2.19. The van der Waals surface area contributed by atoms with Crippen LogP contribution in [-0.4, -0.2) is 79.3 Å². The van der Waals surface area contributed by atoms with Crippen molar-refractivity contribution in [1.82, 2.24) is 9.80 Å². The molecule has 2 amide bonds. The Balaban J connectivity index is 1.23. The van der Waals surface area contributed by atoms with Crippen LogP contribution in [0.25, 0.3) is 0 Å². The number of carbonyl (C=O) groups is 2. The first kappa shape index (κ1) is 21.6. The highest BCUT2D eigenvalue weighted by Crippen LogP contribution is 2.46. The quantitative estimate of drug-likeness (QED) is 0.629. The van der Waals surface area contributed by atoms with E-state index >= 15 is 0 Å². The average molecular weight is 447 g/mol. The molecule has 1 unspecified atom stereocenters. The summed E-state index contributed by atoms with van der Waals surface area (Å²) in [5.41, 5.74) is 0.0522. The van der Waals surface area contributed by atoms with Crippen molar-refractivity contribution >= 4 is 11.8 Å². The number of carbonyl (C=O) groups excluding carboxylic acids is 2. The smallest absolute Gasteiger partial charge is 0.254 e. The molecule has 1 aromatic rings. The van der Waals surface area contributed by atoms with Crippen LogP contribution in [0.2, 0.25) is 0 Å². The van der Waals surface area contributed by atoms with E-state index in [0.717, 1.165) is 12.8 Å². The molecule has 174 valence electrons. The molecule has 4 aliphatic rings. The highest BCUT2D eigenvalue weighted by molar-refractivity contribution is 5.94. The maximum absolute atomic E-state index is 14.0. The molecule has 4 fully saturated rings. The molecule has 0 bridgehead atoms. The maximum atomic E-state index is 14.0. The third kappa shape index (κ3) is 3.77. The van der Waals surface area contributed by atoms with Crippen molar-refractivity contribution < 1.29 is 28.2 Å². The van der Waals surface area contributed by atoms with Gasteiger partial charge in [0.05, 0.1) is 19.3 Å². The number of methoxy groups -OCH3 is 1. The van der Waals surface area contributed by atoms with Gasteiger partial charge >= 0.3 is 0 Å². The van der Waals surface area contributed by atoms with Gasteiger partial charge in [0.15, 0.2) is 17.7 Å². The molecule has 3 saturated heterocycles. The Kier molecular flexibility index (Phi) is 5.84. The summed E-state index contributed by atoms with van der Waals surface area (Å²) in [6, 6.07) is 4.39. The monoisotopic (exact) mass is 446 g/mol. The number of rotatable bonds is 6. The van der Waals surface area contributed by atoms with E-state index in [1.165, 1.54) is 32.1 Å². The van der Waals surface area contributed by atoms with Crippen molar-refractivity contribution in [2.45, 2.75) is 56.2 Å². The summed E-state index contributed by atoms with van der Waals surface area (Å²) in [5, 5.41) is 0. The Morgan fingerprint density at radius 2 is 1.91 bits per heavy atom. The second-order valence-electron chi connectivity index (χ2n) is 9.45. The van der Waals surface area contributed by atoms with Crippen LogP contribution in [0.4, 0.5) is 4.39 Å². The largest absolute Gasteiger partial charge is 0.494 e. The lowest BCUT2D eigenvalue weighted by molar-refractivity contribution is -0.219. The van der Waals surface area contributed by atoms with Crippen LogP contribution < -0.4 is 4.74 Å². The number of benzene rings is 1. The highest BCUT2D eigenvalue weighted by atomic mass is 19.1. The van der Waals surface area contributed by atoms with Gasteiger partial charge in [0.1, 0.15) is 0 Å². The molecule has 8 heteroatoms. The van der Waals surface area contributed by atoms with Crippen LogP contribution in [0.5, 0.6) is 5.75 Å². The average Bonchev–Trinajstić information content (AvgIpc) is 3.64. The van der Waals surface area contributed by atoms with Crippen LogP contribution in [0.1, 0.15) is 48.9 Å². The summed E-state index contributed by atoms with van der Waals surface area (Å²) in [5.74, 6) is 0.0987. The lowest BCUT2D eigenvalue weighted by Crippen LogP contribution is -2.79. The minimum atomic E-state index is -0.543. The van der Waals surface area contributed by atoms with Crippen molar-refractivity contribution in [3.05, 3.63) is 29.6 Å². The van der Waals surface area contributed by atoms with E-state index in [9.17, 15) is 14.0 Å². The predicted octanol–water partition coefficient (Wildman–Crippen LogP) is 2.63. The number of nitrogens with zero attached hydrogens (tertiary/aromatic N) is 2. The van der Waals surface area contributed by atoms with Gasteiger partial charge < -0.3 is 24.0 Å². The Bertz CT molecular complexity index is 875. The zero-order chi connectivity index (χ0) is 22.3. The zero-order valence-corrected chi connectivity index (χ0v) is 18.6. The molecule has 32 heavy (non-hydrogen) atoms. The fraction of sp³-hybridized carbons (Fsp3) is 0.667. The minimum Gasteiger partial charge on any atom is -0.494 e. The Morgan fingerprint density at radius 1 is 1.19 bits per heavy atom. The van der Waals surface area contributed by atoms with Gasteiger partial charge in [0.2, 0.25) is 0 Å². The zero-order valence-electron chi connectivity index (χ0n) is 18.6. The molecular weight excluding hydrogens is 415 g/mol. The van der Waals surface area contributed by atoms with Gasteiger partial charge in [0.25, 0.3) is 11.8 Å². The van der Waals surface area contributed by atoms with Gasteiger partial charge in [-0.3, -0.25) is 9.59 Å². The number of hydrogen-bond donors (Lipinski definition) is 0. The molecule has 7 nitrogen and oxygen atoms in total. The molecule has 3 aliphatic heterocycles. The fourth-order valence-corrected chi connectivity index (χ4v) is 5.46. The van der Waals surface area contributed by atoms with Crippen LogP contribution >= 0.6 is 0 Å². The van der Waals surface area contributed by atoms with E-state index < -0.39 is 5.82 Å². The van der Waals surface area contributed by atoms with Crippen molar-refractivity contribution in [2.75, 3.05) is 40.0 Å². The Morgan fingerprint density at radius 3 is 2.53 bits per heavy atom. The number of ether oxygens (including phenoxy) is 3. The van der Waals surface area contributed by atoms with Crippen molar-refractivity contribution in [3.63, 3.8) is 0 Å². The summed E-state index contributed by atoms with van der Waals surface area (Å²) < 4.78 is 30.7. The first-order valence-electron chi connectivity index (χ1n) is 11.7. The molecule has 1 spiro atoms. The normalized spacial score (nSPS) is 25.7. The lowest BCUT2D eigenvalue weighted by Gasteiger charge is -2.62. The van der Waals surface area contributed by atoms with Gasteiger partial charge in [0, 0.05) is 37.9 Å². The number of hydrogen-bond acceptors (Lipinski definition) is 5. The molecule has 5 rings (SSSR count). The Labute approximate surface area is 187 Å². The second-order valence-corrected chi connectivity index (χ2v) is 9.45. The van der Waals surface area contributed by atoms with Crippen LogP contribution in [0.15, 0.2) is 18.2 Å². The first-order valence-corrected chi connectivity index (χ1v) is 11.7. The molecule has 1 aromatic carbocycles. The first-order chi connectivity index (χ1) is 15.5. The predicted molar refractivity (Wildman–Crippen MR) is 114 cm³/mol. The summed E-state index contributed by atoms with van der Waals surface area (Å²) >= 11 is 0. The maximum Gasteiger partial charge on any atom is 0.254 e. The summed E-state index contributed by atoms with van der Waals surface area (Å²) in [6.45, 7) is 3.06. The second kappa shape index (κ2) is 8.63. The van der Waals surface area contributed by atoms with Gasteiger partial charge in [-0.15, -0.1) is 0 Å². The van der Waals surface area contributed by atoms with Crippen molar-refractivity contribution in [1.29, 1.82) is 0 Å². The topological polar surface area (TPSA) is 68.3 Å². The molecule has 1 atom stereocenters. The third-order valence-electron chi connectivity index (χ3n) is 7.50. The fourth-order valence-electron chi connectivity index (χ4n) is 5.46. The molecular formula is C24H31FN2O5. The number of halogens is 1. The van der Waals surface area contributed by atoms with Gasteiger partial charge in [-0.25, -0.2) is 4.39 Å². The minimum absolute atomic E-state index is 0.0922. The molecule has 3 heterocycles. The summed E-state index contributed by atoms with van der Waals surface area (Å²) in [6.07, 6.45) is 5.09. The molecule has 0 aromatic heterocycles. The number of β-lactam (4-membered cyclic amide) rings is 1. The summed E-state index contributed by atoms with van der Waals surface area (Å²) in [7, 11) is 1.40. The number of likely N-dealkylation sites (tertiary alicyclic amines) is 2. The molecule has 0 N–H and O–H groups in total. The molecule has 1 aliphatic carbocycles. The standard InChI is InChI=1S/C24H31FN2O5/c1-30-20-5-4-17(14-19(20)25)22(28)26-10-6-18(7-11-26)27-23(29)21(32-15-16-2-3-16)24(27)8-12-31-13-9-24/h4-5,14,16,18,21H,2-3,6-13,15H2,1H3. The van der Waals surface area contributed by atoms with E-state index in [0.29, 0.717) is 57.2 Å². The van der Waals surface area contributed by atoms with Gasteiger partial charge in [-0.2, -0.15) is 0 Å². The van der Waals surface area contributed by atoms with E-state index in [2.05, 4.69) is 4.90 Å². The lowest BCUT2D eigenvalue weighted by atomic mass is 9.72. The van der Waals surface area contributed by atoms with Crippen molar-refractivity contribution in [3.8, 4) is 5.75 Å². The number of piperidine rings is 1. The van der Waals surface area contributed by atoms with Crippen LogP contribution in [0.3, 0.4) is 0 Å². The number of amides is 2. The van der Waals surface area contributed by atoms with Gasteiger partial charge in [-0.05, 0) is 62.6 Å².